The molecule has 0 amide bonds. The van der Waals surface area contributed by atoms with Gasteiger partial charge in [-0.1, -0.05) is 11.6 Å². The maximum atomic E-state index is 6.09. The number of hydrogen-bond acceptors (Lipinski definition) is 4. The molecule has 1 atom stereocenters. The smallest absolute Gasteiger partial charge is 0.0743 e. The molecule has 0 spiro atoms. The van der Waals surface area contributed by atoms with Crippen molar-refractivity contribution in [1.82, 2.24) is 4.98 Å². The van der Waals surface area contributed by atoms with Crippen molar-refractivity contribution in [3.8, 4) is 0 Å². The average molecular weight is 257 g/mol. The van der Waals surface area contributed by atoms with Gasteiger partial charge in [-0.15, -0.1) is 0 Å². The highest BCUT2D eigenvalue weighted by molar-refractivity contribution is 5.97. The molecule has 1 aromatic carbocycles. The fourth-order valence-electron chi connectivity index (χ4n) is 2.54. The van der Waals surface area contributed by atoms with Crippen LogP contribution in [-0.4, -0.2) is 24.2 Å². The highest BCUT2D eigenvalue weighted by Crippen LogP contribution is 2.30. The maximum absolute atomic E-state index is 6.09. The summed E-state index contributed by atoms with van der Waals surface area (Å²) in [7, 11) is 0. The van der Waals surface area contributed by atoms with Gasteiger partial charge in [-0.05, 0) is 31.9 Å². The minimum Gasteiger partial charge on any atom is -0.396 e. The molecule has 1 aliphatic rings. The number of fused-ring (bicyclic) bond motifs is 1. The lowest BCUT2D eigenvalue weighted by Crippen LogP contribution is -2.30. The van der Waals surface area contributed by atoms with Crippen LogP contribution in [0.15, 0.2) is 24.4 Å². The number of rotatable bonds is 2. The van der Waals surface area contributed by atoms with Gasteiger partial charge >= 0.3 is 0 Å². The van der Waals surface area contributed by atoms with E-state index in [0.717, 1.165) is 42.6 Å². The molecule has 0 bridgehead atoms. The van der Waals surface area contributed by atoms with E-state index in [0.29, 0.717) is 11.7 Å². The molecule has 1 saturated heterocycles. The highest BCUT2D eigenvalue weighted by Gasteiger charge is 2.16. The molecule has 3 N–H and O–H groups in total. The fraction of sp³-hybridized carbons (Fsp3) is 0.400. The first-order valence-electron chi connectivity index (χ1n) is 6.73. The second-order valence-electron chi connectivity index (χ2n) is 5.17. The van der Waals surface area contributed by atoms with Crippen LogP contribution in [0.2, 0.25) is 0 Å². The van der Waals surface area contributed by atoms with Gasteiger partial charge in [0.05, 0.1) is 29.7 Å². The Balaban J connectivity index is 2.00. The second kappa shape index (κ2) is 5.05. The normalized spacial score (nSPS) is 19.5. The van der Waals surface area contributed by atoms with Gasteiger partial charge in [0.1, 0.15) is 0 Å². The summed E-state index contributed by atoms with van der Waals surface area (Å²) in [5, 5.41) is 4.62. The molecule has 0 radical (unpaired) electrons. The summed E-state index contributed by atoms with van der Waals surface area (Å²) in [4.78, 5) is 4.38. The van der Waals surface area contributed by atoms with Crippen LogP contribution in [0.1, 0.15) is 18.4 Å². The van der Waals surface area contributed by atoms with Crippen LogP contribution in [0.3, 0.4) is 0 Å². The van der Waals surface area contributed by atoms with Crippen LogP contribution in [-0.2, 0) is 4.74 Å². The van der Waals surface area contributed by atoms with Gasteiger partial charge in [0.25, 0.3) is 0 Å². The van der Waals surface area contributed by atoms with Crippen LogP contribution >= 0.6 is 0 Å². The van der Waals surface area contributed by atoms with E-state index in [1.54, 1.807) is 6.20 Å². The number of pyridine rings is 1. The lowest BCUT2D eigenvalue weighted by atomic mass is 10.1. The highest BCUT2D eigenvalue weighted by atomic mass is 16.5. The molecule has 4 nitrogen and oxygen atoms in total. The lowest BCUT2D eigenvalue weighted by Gasteiger charge is -2.25. The summed E-state index contributed by atoms with van der Waals surface area (Å²) < 4.78 is 5.51. The van der Waals surface area contributed by atoms with Crippen molar-refractivity contribution in [2.24, 2.45) is 0 Å². The van der Waals surface area contributed by atoms with Crippen molar-refractivity contribution in [3.05, 3.63) is 30.0 Å². The van der Waals surface area contributed by atoms with E-state index in [4.69, 9.17) is 10.5 Å². The Morgan fingerprint density at radius 1 is 1.42 bits per heavy atom. The summed E-state index contributed by atoms with van der Waals surface area (Å²) in [6.07, 6.45) is 3.94. The van der Waals surface area contributed by atoms with E-state index in [9.17, 15) is 0 Å². The Labute approximate surface area is 113 Å². The quantitative estimate of drug-likeness (QED) is 0.868. The second-order valence-corrected chi connectivity index (χ2v) is 5.17. The first-order chi connectivity index (χ1) is 9.24. The summed E-state index contributed by atoms with van der Waals surface area (Å²) in [5.74, 6) is 0. The Morgan fingerprint density at radius 3 is 3.11 bits per heavy atom. The Hall–Kier alpha value is -1.81. The van der Waals surface area contributed by atoms with E-state index in [-0.39, 0.29) is 0 Å². The number of nitrogens with two attached hydrogens (primary N) is 1. The largest absolute Gasteiger partial charge is 0.396 e. The van der Waals surface area contributed by atoms with Crippen LogP contribution in [0.5, 0.6) is 0 Å². The Bertz CT molecular complexity index is 586. The number of hydrogen-bond donors (Lipinski definition) is 2. The summed E-state index contributed by atoms with van der Waals surface area (Å²) >= 11 is 0. The molecule has 19 heavy (non-hydrogen) atoms. The number of benzene rings is 1. The van der Waals surface area contributed by atoms with Crippen molar-refractivity contribution in [2.45, 2.75) is 25.8 Å². The predicted molar refractivity (Wildman–Crippen MR) is 78.4 cm³/mol. The fourth-order valence-corrected chi connectivity index (χ4v) is 2.54. The van der Waals surface area contributed by atoms with E-state index in [2.05, 4.69) is 29.4 Å². The number of nitrogen functional groups attached to an aromatic ring is 1. The molecule has 0 aliphatic carbocycles. The number of aromatic nitrogens is 1. The van der Waals surface area contributed by atoms with Gasteiger partial charge in [-0.3, -0.25) is 4.98 Å². The third kappa shape index (κ3) is 2.49. The van der Waals surface area contributed by atoms with Gasteiger partial charge in [0.2, 0.25) is 0 Å². The Morgan fingerprint density at radius 2 is 2.32 bits per heavy atom. The van der Waals surface area contributed by atoms with Gasteiger partial charge in [0, 0.05) is 18.0 Å². The summed E-state index contributed by atoms with van der Waals surface area (Å²) in [5.41, 5.74) is 9.96. The van der Waals surface area contributed by atoms with Gasteiger partial charge in [-0.25, -0.2) is 0 Å². The molecule has 4 heteroatoms. The van der Waals surface area contributed by atoms with Crippen molar-refractivity contribution >= 4 is 22.3 Å². The van der Waals surface area contributed by atoms with Crippen LogP contribution < -0.4 is 11.1 Å². The molecule has 2 aromatic rings. The number of nitrogens with one attached hydrogen (secondary N) is 1. The third-order valence-electron chi connectivity index (χ3n) is 3.56. The van der Waals surface area contributed by atoms with Gasteiger partial charge in [0.15, 0.2) is 0 Å². The molecule has 1 aliphatic heterocycles. The maximum Gasteiger partial charge on any atom is 0.0743 e. The summed E-state index contributed by atoms with van der Waals surface area (Å²) in [6, 6.07) is 6.57. The zero-order chi connectivity index (χ0) is 13.2. The molecular formula is C15H19N3O. The zero-order valence-electron chi connectivity index (χ0n) is 11.1. The monoisotopic (exact) mass is 257 g/mol. The van der Waals surface area contributed by atoms with Crippen molar-refractivity contribution in [3.63, 3.8) is 0 Å². The standard InChI is InChI=1S/C15H19N3O/c1-10-4-5-14-12(7-10)15(13(16)8-17-14)18-11-3-2-6-19-9-11/h4-5,7-8,11H,2-3,6,9,16H2,1H3,(H,17,18). The SMILES string of the molecule is Cc1ccc2ncc(N)c(NC3CCCOC3)c2c1. The van der Waals surface area contributed by atoms with Crippen LogP contribution in [0, 0.1) is 6.92 Å². The third-order valence-corrected chi connectivity index (χ3v) is 3.56. The van der Waals surface area contributed by atoms with Crippen molar-refractivity contribution < 1.29 is 4.74 Å². The Kier molecular flexibility index (Phi) is 3.25. The number of anilines is 2. The van der Waals surface area contributed by atoms with Gasteiger partial charge < -0.3 is 15.8 Å². The first-order valence-corrected chi connectivity index (χ1v) is 6.73. The lowest BCUT2D eigenvalue weighted by molar-refractivity contribution is 0.0876. The molecule has 100 valence electrons. The molecule has 2 heterocycles. The number of ether oxygens (including phenoxy) is 1. The topological polar surface area (TPSA) is 60.2 Å². The number of aryl methyl sites for hydroxylation is 1. The van der Waals surface area contributed by atoms with E-state index in [1.807, 2.05) is 6.07 Å². The van der Waals surface area contributed by atoms with Crippen LogP contribution in [0.4, 0.5) is 11.4 Å². The molecule has 0 saturated carbocycles. The molecule has 3 rings (SSSR count). The predicted octanol–water partition coefficient (Wildman–Crippen LogP) is 2.72. The first kappa shape index (κ1) is 12.2. The molecular weight excluding hydrogens is 238 g/mol. The van der Waals surface area contributed by atoms with E-state index in [1.165, 1.54) is 5.56 Å². The molecule has 1 aromatic heterocycles. The summed E-state index contributed by atoms with van der Waals surface area (Å²) in [6.45, 7) is 3.69. The van der Waals surface area contributed by atoms with Crippen LogP contribution in [0.25, 0.3) is 10.9 Å². The van der Waals surface area contributed by atoms with E-state index >= 15 is 0 Å². The van der Waals surface area contributed by atoms with Crippen molar-refractivity contribution in [1.29, 1.82) is 0 Å². The number of nitrogens with zero attached hydrogens (tertiary/aromatic N) is 1. The minimum absolute atomic E-state index is 0.335. The molecule has 1 fully saturated rings. The minimum atomic E-state index is 0.335. The van der Waals surface area contributed by atoms with Crippen molar-refractivity contribution in [2.75, 3.05) is 24.3 Å². The molecule has 1 unspecified atom stereocenters. The van der Waals surface area contributed by atoms with E-state index < -0.39 is 0 Å². The zero-order valence-corrected chi connectivity index (χ0v) is 11.1. The average Bonchev–Trinajstić information content (AvgIpc) is 2.43. The van der Waals surface area contributed by atoms with Gasteiger partial charge in [-0.2, -0.15) is 0 Å².